The first-order valence-electron chi connectivity index (χ1n) is 11.1. The Morgan fingerprint density at radius 1 is 1.03 bits per heavy atom. The molecule has 0 radical (unpaired) electrons. The predicted octanol–water partition coefficient (Wildman–Crippen LogP) is 4.13. The van der Waals surface area contributed by atoms with Gasteiger partial charge in [0.25, 0.3) is 0 Å². The highest BCUT2D eigenvalue weighted by atomic mass is 16.6. The van der Waals surface area contributed by atoms with Crippen molar-refractivity contribution in [1.82, 2.24) is 25.1 Å². The highest BCUT2D eigenvalue weighted by molar-refractivity contribution is 5.89. The lowest BCUT2D eigenvalue weighted by atomic mass is 9.79. The Bertz CT molecular complexity index is 1090. The van der Waals surface area contributed by atoms with Crippen molar-refractivity contribution in [1.29, 1.82) is 0 Å². The molecule has 1 aliphatic carbocycles. The van der Waals surface area contributed by atoms with Gasteiger partial charge in [0.2, 0.25) is 0 Å². The zero-order chi connectivity index (χ0) is 23.3. The minimum absolute atomic E-state index is 0.311. The summed E-state index contributed by atoms with van der Waals surface area (Å²) in [6.07, 6.45) is 3.94. The van der Waals surface area contributed by atoms with Gasteiger partial charge in [-0.05, 0) is 66.6 Å². The third-order valence-corrected chi connectivity index (χ3v) is 6.05. The van der Waals surface area contributed by atoms with Crippen molar-refractivity contribution in [3.8, 4) is 11.4 Å². The first kappa shape index (κ1) is 22.4. The van der Waals surface area contributed by atoms with E-state index in [9.17, 15) is 9.59 Å². The standard InChI is InChI=1S/C24H27N5O4/c1-3-32-21(30)18-12-14-19(15-13-18)29-22(25-26-27-29)24(16-8-5-9-17-24)28(2)23(31)33-20-10-6-4-7-11-20/h4,6-7,10-15H,3,5,8-9,16-17H2,1-2H3. The Labute approximate surface area is 192 Å². The van der Waals surface area contributed by atoms with E-state index in [0.717, 1.165) is 19.3 Å². The van der Waals surface area contributed by atoms with Gasteiger partial charge in [-0.1, -0.05) is 37.5 Å². The minimum Gasteiger partial charge on any atom is -0.462 e. The van der Waals surface area contributed by atoms with E-state index < -0.39 is 11.6 Å². The largest absolute Gasteiger partial charge is 0.462 e. The minimum atomic E-state index is -0.715. The molecule has 1 amide bonds. The Morgan fingerprint density at radius 3 is 2.39 bits per heavy atom. The molecule has 4 rings (SSSR count). The molecule has 0 saturated heterocycles. The van der Waals surface area contributed by atoms with Gasteiger partial charge in [-0.2, -0.15) is 4.68 Å². The molecule has 1 fully saturated rings. The number of carbonyl (C=O) groups excluding carboxylic acids is 2. The monoisotopic (exact) mass is 449 g/mol. The second kappa shape index (κ2) is 9.81. The van der Waals surface area contributed by atoms with Crippen LogP contribution in [-0.4, -0.2) is 50.8 Å². The van der Waals surface area contributed by atoms with Crippen LogP contribution in [0.3, 0.4) is 0 Å². The quantitative estimate of drug-likeness (QED) is 0.522. The van der Waals surface area contributed by atoms with E-state index in [1.165, 1.54) is 0 Å². The van der Waals surface area contributed by atoms with E-state index in [0.29, 0.717) is 42.3 Å². The summed E-state index contributed by atoms with van der Waals surface area (Å²) in [5, 5.41) is 12.5. The number of benzene rings is 2. The number of hydrogen-bond donors (Lipinski definition) is 0. The lowest BCUT2D eigenvalue weighted by molar-refractivity contribution is 0.0525. The van der Waals surface area contributed by atoms with Crippen LogP contribution < -0.4 is 4.74 Å². The molecule has 0 bridgehead atoms. The van der Waals surface area contributed by atoms with Crippen molar-refractivity contribution in [3.63, 3.8) is 0 Å². The van der Waals surface area contributed by atoms with Gasteiger partial charge >= 0.3 is 12.1 Å². The lowest BCUT2D eigenvalue weighted by Gasteiger charge is -2.42. The number of nitrogens with zero attached hydrogens (tertiary/aromatic N) is 5. The first-order chi connectivity index (χ1) is 16.0. The maximum Gasteiger partial charge on any atom is 0.415 e. The Balaban J connectivity index is 1.66. The number of carbonyl (C=O) groups is 2. The van der Waals surface area contributed by atoms with Crippen LogP contribution in [-0.2, 0) is 10.3 Å². The van der Waals surface area contributed by atoms with E-state index in [-0.39, 0.29) is 5.97 Å². The normalized spacial score (nSPS) is 15.0. The number of ether oxygens (including phenoxy) is 2. The van der Waals surface area contributed by atoms with E-state index in [4.69, 9.17) is 9.47 Å². The summed E-state index contributed by atoms with van der Waals surface area (Å²) in [6, 6.07) is 15.9. The fourth-order valence-electron chi connectivity index (χ4n) is 4.28. The van der Waals surface area contributed by atoms with Crippen LogP contribution in [0.4, 0.5) is 4.79 Å². The van der Waals surface area contributed by atoms with Gasteiger partial charge in [-0.3, -0.25) is 4.90 Å². The number of amides is 1. The Hall–Kier alpha value is -3.75. The fraction of sp³-hybridized carbons (Fsp3) is 0.375. The van der Waals surface area contributed by atoms with Crippen molar-refractivity contribution in [3.05, 3.63) is 66.0 Å². The van der Waals surface area contributed by atoms with E-state index >= 15 is 0 Å². The van der Waals surface area contributed by atoms with Crippen molar-refractivity contribution < 1.29 is 19.1 Å². The summed E-state index contributed by atoms with van der Waals surface area (Å²) in [5.41, 5.74) is 0.428. The summed E-state index contributed by atoms with van der Waals surface area (Å²) < 4.78 is 12.3. The van der Waals surface area contributed by atoms with Crippen LogP contribution in [0.2, 0.25) is 0 Å². The van der Waals surface area contributed by atoms with Gasteiger partial charge < -0.3 is 9.47 Å². The zero-order valence-electron chi connectivity index (χ0n) is 18.8. The smallest absolute Gasteiger partial charge is 0.415 e. The van der Waals surface area contributed by atoms with Crippen LogP contribution >= 0.6 is 0 Å². The number of esters is 1. The van der Waals surface area contributed by atoms with Gasteiger partial charge in [0.1, 0.15) is 11.3 Å². The lowest BCUT2D eigenvalue weighted by Crippen LogP contribution is -2.51. The molecule has 33 heavy (non-hydrogen) atoms. The predicted molar refractivity (Wildman–Crippen MR) is 120 cm³/mol. The molecule has 1 aromatic heterocycles. The molecule has 1 heterocycles. The molecule has 0 aliphatic heterocycles. The summed E-state index contributed by atoms with van der Waals surface area (Å²) in [4.78, 5) is 26.7. The fourth-order valence-corrected chi connectivity index (χ4v) is 4.28. The molecule has 9 heteroatoms. The van der Waals surface area contributed by atoms with Crippen molar-refractivity contribution >= 4 is 12.1 Å². The van der Waals surface area contributed by atoms with Crippen molar-refractivity contribution in [2.45, 2.75) is 44.6 Å². The number of tetrazole rings is 1. The van der Waals surface area contributed by atoms with Gasteiger partial charge in [0.05, 0.1) is 17.9 Å². The highest BCUT2D eigenvalue weighted by Gasteiger charge is 2.45. The average molecular weight is 450 g/mol. The summed E-state index contributed by atoms with van der Waals surface area (Å²) in [7, 11) is 1.74. The summed E-state index contributed by atoms with van der Waals surface area (Å²) >= 11 is 0. The molecule has 172 valence electrons. The molecule has 3 aromatic rings. The third-order valence-electron chi connectivity index (χ3n) is 6.05. The molecule has 1 aliphatic rings. The SMILES string of the molecule is CCOC(=O)c1ccc(-n2nnnc2C2(N(C)C(=O)Oc3ccccc3)CCCCC2)cc1. The van der Waals surface area contributed by atoms with E-state index in [1.54, 1.807) is 60.0 Å². The molecule has 1 saturated carbocycles. The number of rotatable bonds is 6. The van der Waals surface area contributed by atoms with Crippen LogP contribution in [0.1, 0.15) is 55.2 Å². The molecular formula is C24H27N5O4. The van der Waals surface area contributed by atoms with Gasteiger partial charge in [0, 0.05) is 7.05 Å². The summed E-state index contributed by atoms with van der Waals surface area (Å²) in [6.45, 7) is 2.08. The number of hydrogen-bond acceptors (Lipinski definition) is 7. The Kier molecular flexibility index (Phi) is 6.67. The van der Waals surface area contributed by atoms with Gasteiger partial charge in [-0.25, -0.2) is 9.59 Å². The van der Waals surface area contributed by atoms with E-state index in [2.05, 4.69) is 15.5 Å². The molecule has 2 aromatic carbocycles. The zero-order valence-corrected chi connectivity index (χ0v) is 18.8. The van der Waals surface area contributed by atoms with Gasteiger partial charge in [-0.15, -0.1) is 5.10 Å². The molecule has 0 atom stereocenters. The third kappa shape index (κ3) is 4.57. The Morgan fingerprint density at radius 2 is 1.73 bits per heavy atom. The number of aromatic nitrogens is 4. The number of para-hydroxylation sites is 1. The maximum absolute atomic E-state index is 13.1. The molecule has 9 nitrogen and oxygen atoms in total. The van der Waals surface area contributed by atoms with E-state index in [1.807, 2.05) is 18.2 Å². The van der Waals surface area contributed by atoms with Crippen molar-refractivity contribution in [2.24, 2.45) is 0 Å². The van der Waals surface area contributed by atoms with Crippen LogP contribution in [0, 0.1) is 0 Å². The van der Waals surface area contributed by atoms with Crippen LogP contribution in [0.25, 0.3) is 5.69 Å². The molecular weight excluding hydrogens is 422 g/mol. The molecule has 0 N–H and O–H groups in total. The highest BCUT2D eigenvalue weighted by Crippen LogP contribution is 2.41. The molecule has 0 unspecified atom stereocenters. The maximum atomic E-state index is 13.1. The van der Waals surface area contributed by atoms with Gasteiger partial charge in [0.15, 0.2) is 5.82 Å². The second-order valence-corrected chi connectivity index (χ2v) is 8.01. The topological polar surface area (TPSA) is 99.4 Å². The van der Waals surface area contributed by atoms with Crippen LogP contribution in [0.5, 0.6) is 5.75 Å². The second-order valence-electron chi connectivity index (χ2n) is 8.01. The average Bonchev–Trinajstić information content (AvgIpc) is 3.35. The first-order valence-corrected chi connectivity index (χ1v) is 11.1. The molecule has 0 spiro atoms. The van der Waals surface area contributed by atoms with Crippen molar-refractivity contribution in [2.75, 3.05) is 13.7 Å². The van der Waals surface area contributed by atoms with Crippen LogP contribution in [0.15, 0.2) is 54.6 Å². The summed E-state index contributed by atoms with van der Waals surface area (Å²) in [5.74, 6) is 0.668.